The van der Waals surface area contributed by atoms with Crippen molar-refractivity contribution in [2.75, 3.05) is 11.1 Å². The highest BCUT2D eigenvalue weighted by Gasteiger charge is 2.39. The number of hydrogen-bond acceptors (Lipinski definition) is 5. The summed E-state index contributed by atoms with van der Waals surface area (Å²) in [4.78, 5) is 35.0. The molecule has 2 aromatic rings. The van der Waals surface area contributed by atoms with Crippen LogP contribution in [-0.2, 0) is 9.59 Å². The lowest BCUT2D eigenvalue weighted by Gasteiger charge is -2.25. The molecule has 0 saturated carbocycles. The molecule has 0 fully saturated rings. The van der Waals surface area contributed by atoms with Gasteiger partial charge < -0.3 is 5.32 Å². The molecule has 0 aliphatic carbocycles. The fourth-order valence-electron chi connectivity index (χ4n) is 2.88. The molecule has 28 heavy (non-hydrogen) atoms. The molecular weight excluding hydrogens is 386 g/mol. The summed E-state index contributed by atoms with van der Waals surface area (Å²) in [6, 6.07) is 9.67. The maximum atomic E-state index is 13.7. The zero-order valence-electron chi connectivity index (χ0n) is 14.6. The maximum Gasteiger partial charge on any atom is 0.258 e. The highest BCUT2D eigenvalue weighted by Crippen LogP contribution is 2.33. The fraction of sp³-hybridized carbons (Fsp3) is 0.158. The Kier molecular flexibility index (Phi) is 4.68. The highest BCUT2D eigenvalue weighted by molar-refractivity contribution is 8.14. The number of anilines is 1. The van der Waals surface area contributed by atoms with Gasteiger partial charge in [0.1, 0.15) is 23.5 Å². The van der Waals surface area contributed by atoms with Gasteiger partial charge in [0.25, 0.3) is 5.91 Å². The summed E-state index contributed by atoms with van der Waals surface area (Å²) in [5.74, 6) is -1.91. The molecule has 0 spiro atoms. The van der Waals surface area contributed by atoms with Crippen molar-refractivity contribution in [2.24, 2.45) is 9.98 Å². The Hall–Kier alpha value is -3.07. The predicted molar refractivity (Wildman–Crippen MR) is 104 cm³/mol. The van der Waals surface area contributed by atoms with Crippen molar-refractivity contribution < 1.29 is 18.4 Å². The van der Waals surface area contributed by atoms with Gasteiger partial charge in [-0.3, -0.25) is 14.6 Å². The number of carbonyl (C=O) groups excluding carboxylic acids is 2. The summed E-state index contributed by atoms with van der Waals surface area (Å²) in [5.41, 5.74) is 1.30. The minimum absolute atomic E-state index is 0.108. The number of amides is 2. The van der Waals surface area contributed by atoms with E-state index in [4.69, 9.17) is 0 Å². The maximum absolute atomic E-state index is 13.7. The van der Waals surface area contributed by atoms with Gasteiger partial charge in [-0.25, -0.2) is 18.7 Å². The van der Waals surface area contributed by atoms with Crippen LogP contribution in [0.2, 0.25) is 0 Å². The number of thioether (sulfide) groups is 1. The number of aliphatic imine (C=N–C) groups is 2. The number of rotatable bonds is 3. The summed E-state index contributed by atoms with van der Waals surface area (Å²) >= 11 is 1.05. The van der Waals surface area contributed by atoms with Crippen molar-refractivity contribution in [2.45, 2.75) is 13.0 Å². The second-order valence-electron chi connectivity index (χ2n) is 6.17. The smallest absolute Gasteiger partial charge is 0.258 e. The van der Waals surface area contributed by atoms with E-state index >= 15 is 0 Å². The number of nitrogens with zero attached hydrogens (tertiary/aromatic N) is 3. The standard InChI is InChI=1S/C19H14F2N4O2S/c1-10-18(27)25-17(22-10)12-4-2-3-5-14(12)24-19(25)28-9-16(26)23-15-7-6-11(20)8-13(15)21/h2-8,10H,9H2,1H3,(H,23,26)/t10-/m1/s1. The zero-order valence-corrected chi connectivity index (χ0v) is 15.5. The molecule has 2 amide bonds. The van der Waals surface area contributed by atoms with E-state index in [1.165, 1.54) is 4.90 Å². The molecule has 6 nitrogen and oxygen atoms in total. The Morgan fingerprint density at radius 1 is 1.25 bits per heavy atom. The Bertz CT molecular complexity index is 1050. The summed E-state index contributed by atoms with van der Waals surface area (Å²) in [6.07, 6.45) is 0. The molecule has 0 bridgehead atoms. The van der Waals surface area contributed by atoms with Gasteiger partial charge in [0, 0.05) is 11.6 Å². The van der Waals surface area contributed by atoms with Crippen LogP contribution in [0.25, 0.3) is 0 Å². The van der Waals surface area contributed by atoms with Crippen molar-refractivity contribution in [3.63, 3.8) is 0 Å². The lowest BCUT2D eigenvalue weighted by molar-refractivity contribution is -0.124. The van der Waals surface area contributed by atoms with Crippen LogP contribution in [0.1, 0.15) is 12.5 Å². The molecule has 4 rings (SSSR count). The largest absolute Gasteiger partial charge is 0.323 e. The minimum Gasteiger partial charge on any atom is -0.323 e. The SMILES string of the molecule is C[C@H]1N=C2c3ccccc3N=C(SCC(=O)Nc3ccc(F)cc3F)N2C1=O. The molecule has 9 heteroatoms. The van der Waals surface area contributed by atoms with Crippen LogP contribution in [0.15, 0.2) is 52.4 Å². The molecule has 0 saturated heterocycles. The van der Waals surface area contributed by atoms with E-state index in [9.17, 15) is 18.4 Å². The number of halogens is 2. The van der Waals surface area contributed by atoms with Crippen molar-refractivity contribution >= 4 is 46.0 Å². The molecule has 1 N–H and O–H groups in total. The number of carbonyl (C=O) groups is 2. The fourth-order valence-corrected chi connectivity index (χ4v) is 3.68. The van der Waals surface area contributed by atoms with Crippen molar-refractivity contribution in [1.82, 2.24) is 4.90 Å². The quantitative estimate of drug-likeness (QED) is 0.859. The van der Waals surface area contributed by atoms with Gasteiger partial charge in [0.15, 0.2) is 5.17 Å². The summed E-state index contributed by atoms with van der Waals surface area (Å²) in [6.45, 7) is 1.70. The van der Waals surface area contributed by atoms with Gasteiger partial charge in [-0.05, 0) is 31.2 Å². The minimum atomic E-state index is -0.861. The average Bonchev–Trinajstić information content (AvgIpc) is 2.97. The molecule has 0 unspecified atom stereocenters. The Morgan fingerprint density at radius 2 is 2.04 bits per heavy atom. The van der Waals surface area contributed by atoms with Crippen molar-refractivity contribution in [3.8, 4) is 0 Å². The first kappa shape index (κ1) is 18.3. The van der Waals surface area contributed by atoms with Crippen LogP contribution in [0.4, 0.5) is 20.2 Å². The molecule has 2 aromatic carbocycles. The van der Waals surface area contributed by atoms with E-state index in [1.807, 2.05) is 18.2 Å². The number of hydrogen-bond donors (Lipinski definition) is 1. The zero-order chi connectivity index (χ0) is 19.8. The van der Waals surface area contributed by atoms with E-state index in [2.05, 4.69) is 15.3 Å². The number of benzene rings is 2. The lowest BCUT2D eigenvalue weighted by Crippen LogP contribution is -2.41. The molecule has 1 atom stereocenters. The first-order valence-corrected chi connectivity index (χ1v) is 9.40. The number of fused-ring (bicyclic) bond motifs is 3. The second-order valence-corrected chi connectivity index (χ2v) is 7.12. The van der Waals surface area contributed by atoms with Crippen LogP contribution >= 0.6 is 11.8 Å². The van der Waals surface area contributed by atoms with Crippen LogP contribution in [0.3, 0.4) is 0 Å². The summed E-state index contributed by atoms with van der Waals surface area (Å²) in [5, 5.41) is 2.72. The van der Waals surface area contributed by atoms with Crippen LogP contribution < -0.4 is 5.32 Å². The van der Waals surface area contributed by atoms with Crippen molar-refractivity contribution in [1.29, 1.82) is 0 Å². The number of nitrogens with one attached hydrogen (secondary N) is 1. The third-order valence-electron chi connectivity index (χ3n) is 4.20. The van der Waals surface area contributed by atoms with Crippen LogP contribution in [0.5, 0.6) is 0 Å². The van der Waals surface area contributed by atoms with Gasteiger partial charge >= 0.3 is 0 Å². The van der Waals surface area contributed by atoms with Crippen LogP contribution in [0, 0.1) is 11.6 Å². The monoisotopic (exact) mass is 400 g/mol. The molecule has 142 valence electrons. The lowest BCUT2D eigenvalue weighted by atomic mass is 10.1. The van der Waals surface area contributed by atoms with Gasteiger partial charge in [-0.2, -0.15) is 0 Å². The highest BCUT2D eigenvalue weighted by atomic mass is 32.2. The van der Waals surface area contributed by atoms with E-state index in [0.717, 1.165) is 29.5 Å². The third kappa shape index (κ3) is 3.29. The Morgan fingerprint density at radius 3 is 2.82 bits per heavy atom. The first-order valence-electron chi connectivity index (χ1n) is 8.41. The van der Waals surface area contributed by atoms with E-state index < -0.39 is 23.6 Å². The molecule has 0 aromatic heterocycles. The third-order valence-corrected chi connectivity index (χ3v) is 5.13. The second kappa shape index (κ2) is 7.16. The van der Waals surface area contributed by atoms with Gasteiger partial charge in [0.05, 0.1) is 17.1 Å². The summed E-state index contributed by atoms with van der Waals surface area (Å²) < 4.78 is 26.7. The Balaban J connectivity index is 1.53. The number of para-hydroxylation sites is 1. The topological polar surface area (TPSA) is 74.1 Å². The molecule has 0 radical (unpaired) electrons. The molecule has 2 aliphatic heterocycles. The predicted octanol–water partition coefficient (Wildman–Crippen LogP) is 3.32. The van der Waals surface area contributed by atoms with Gasteiger partial charge in [0.2, 0.25) is 5.91 Å². The van der Waals surface area contributed by atoms with Crippen LogP contribution in [-0.4, -0.2) is 39.5 Å². The Labute approximate surface area is 163 Å². The van der Waals surface area contributed by atoms with Gasteiger partial charge in [-0.1, -0.05) is 23.9 Å². The first-order chi connectivity index (χ1) is 13.4. The van der Waals surface area contributed by atoms with Gasteiger partial charge in [-0.15, -0.1) is 0 Å². The summed E-state index contributed by atoms with van der Waals surface area (Å²) in [7, 11) is 0. The van der Waals surface area contributed by atoms with Crippen molar-refractivity contribution in [3.05, 3.63) is 59.7 Å². The average molecular weight is 400 g/mol. The molecular formula is C19H14F2N4O2S. The van der Waals surface area contributed by atoms with E-state index in [0.29, 0.717) is 22.8 Å². The van der Waals surface area contributed by atoms with E-state index in [-0.39, 0.29) is 17.3 Å². The molecule has 2 aliphatic rings. The van der Waals surface area contributed by atoms with E-state index in [1.54, 1.807) is 13.0 Å². The molecule has 2 heterocycles. The normalized spacial score (nSPS) is 17.6. The number of amidine groups is 2.